The van der Waals surface area contributed by atoms with Crippen molar-refractivity contribution >= 4 is 5.91 Å². The number of benzene rings is 2. The Balaban J connectivity index is 1.80. The number of rotatable bonds is 8. The van der Waals surface area contributed by atoms with Crippen molar-refractivity contribution in [3.05, 3.63) is 71.8 Å². The van der Waals surface area contributed by atoms with Crippen LogP contribution in [0.15, 0.2) is 60.7 Å². The van der Waals surface area contributed by atoms with Crippen molar-refractivity contribution in [3.63, 3.8) is 0 Å². The van der Waals surface area contributed by atoms with Crippen molar-refractivity contribution in [2.75, 3.05) is 6.61 Å². The highest BCUT2D eigenvalue weighted by Gasteiger charge is 2.47. The highest BCUT2D eigenvalue weighted by molar-refractivity contribution is 5.73. The fraction of sp³-hybridized carbons (Fsp3) is 0.409. The lowest BCUT2D eigenvalue weighted by molar-refractivity contribution is -0.275. The molecular weight excluding hydrogens is 374 g/mol. The van der Waals surface area contributed by atoms with Crippen molar-refractivity contribution in [2.45, 2.75) is 50.8 Å². The molecule has 2 aromatic rings. The predicted molar refractivity (Wildman–Crippen MR) is 106 cm³/mol. The van der Waals surface area contributed by atoms with E-state index in [2.05, 4.69) is 5.32 Å². The topological polar surface area (TPSA) is 97.3 Å². The van der Waals surface area contributed by atoms with Gasteiger partial charge in [-0.15, -0.1) is 0 Å². The summed E-state index contributed by atoms with van der Waals surface area (Å²) in [5.74, 6) is -0.324. The van der Waals surface area contributed by atoms with E-state index in [9.17, 15) is 15.0 Å². The SMILES string of the molecule is CC(=O)NC1C(OCc2ccccc2)[C@H](OCc2ccccc2)C(CO)O[C@H]1O. The fourth-order valence-corrected chi connectivity index (χ4v) is 3.39. The van der Waals surface area contributed by atoms with Crippen LogP contribution in [0.2, 0.25) is 0 Å². The molecule has 3 rings (SSSR count). The molecule has 1 saturated heterocycles. The third-order valence-corrected chi connectivity index (χ3v) is 4.79. The number of aliphatic hydroxyl groups is 2. The Morgan fingerprint density at radius 2 is 1.48 bits per heavy atom. The maximum atomic E-state index is 11.7. The first-order chi connectivity index (χ1) is 14.1. The molecule has 0 spiro atoms. The van der Waals surface area contributed by atoms with E-state index < -0.39 is 30.6 Å². The predicted octanol–water partition coefficient (Wildman–Crippen LogP) is 1.37. The average Bonchev–Trinajstić information content (AvgIpc) is 2.74. The van der Waals surface area contributed by atoms with Crippen molar-refractivity contribution in [1.29, 1.82) is 0 Å². The molecule has 7 heteroatoms. The minimum absolute atomic E-state index is 0.262. The Labute approximate surface area is 170 Å². The zero-order valence-electron chi connectivity index (χ0n) is 16.3. The van der Waals surface area contributed by atoms with Gasteiger partial charge in [-0.1, -0.05) is 60.7 Å². The largest absolute Gasteiger partial charge is 0.394 e. The lowest BCUT2D eigenvalue weighted by Crippen LogP contribution is -2.65. The number of nitrogens with one attached hydrogen (secondary N) is 1. The molecule has 5 atom stereocenters. The van der Waals surface area contributed by atoms with E-state index in [0.29, 0.717) is 0 Å². The Morgan fingerprint density at radius 3 is 1.97 bits per heavy atom. The summed E-state index contributed by atoms with van der Waals surface area (Å²) < 4.78 is 17.7. The summed E-state index contributed by atoms with van der Waals surface area (Å²) >= 11 is 0. The summed E-state index contributed by atoms with van der Waals surface area (Å²) in [5.41, 5.74) is 1.89. The van der Waals surface area contributed by atoms with Crippen molar-refractivity contribution in [1.82, 2.24) is 5.32 Å². The van der Waals surface area contributed by atoms with Crippen LogP contribution >= 0.6 is 0 Å². The van der Waals surface area contributed by atoms with E-state index in [-0.39, 0.29) is 25.7 Å². The minimum Gasteiger partial charge on any atom is -0.394 e. The van der Waals surface area contributed by atoms with Crippen LogP contribution in [-0.4, -0.2) is 53.4 Å². The van der Waals surface area contributed by atoms with Crippen LogP contribution in [0.4, 0.5) is 0 Å². The molecule has 2 aromatic carbocycles. The first-order valence-electron chi connectivity index (χ1n) is 9.61. The molecule has 1 amide bonds. The Hall–Kier alpha value is -2.29. The maximum Gasteiger partial charge on any atom is 0.217 e. The molecular formula is C22H27NO6. The zero-order valence-corrected chi connectivity index (χ0v) is 16.3. The highest BCUT2D eigenvalue weighted by Crippen LogP contribution is 2.27. The molecule has 0 radical (unpaired) electrons. The number of carbonyl (C=O) groups excluding carboxylic acids is 1. The van der Waals surface area contributed by atoms with Gasteiger partial charge in [-0.25, -0.2) is 0 Å². The fourth-order valence-electron chi connectivity index (χ4n) is 3.39. The van der Waals surface area contributed by atoms with Crippen LogP contribution < -0.4 is 5.32 Å². The van der Waals surface area contributed by atoms with E-state index in [1.807, 2.05) is 60.7 Å². The van der Waals surface area contributed by atoms with Gasteiger partial charge in [0.1, 0.15) is 24.4 Å². The average molecular weight is 401 g/mol. The second-order valence-electron chi connectivity index (χ2n) is 7.00. The molecule has 7 nitrogen and oxygen atoms in total. The smallest absolute Gasteiger partial charge is 0.217 e. The van der Waals surface area contributed by atoms with Crippen LogP contribution in [-0.2, 0) is 32.2 Å². The number of amides is 1. The van der Waals surface area contributed by atoms with Crippen LogP contribution in [0.25, 0.3) is 0 Å². The van der Waals surface area contributed by atoms with Crippen molar-refractivity contribution in [2.24, 2.45) is 0 Å². The standard InChI is InChI=1S/C22H27NO6/c1-15(25)23-19-21(28-14-17-10-6-3-7-11-17)20(18(12-24)29-22(19)26)27-13-16-8-4-2-5-9-16/h2-11,18-22,24,26H,12-14H2,1H3,(H,23,25)/t18?,19?,20-,21?,22-/m1/s1. The van der Waals surface area contributed by atoms with Gasteiger partial charge in [0, 0.05) is 6.92 Å². The van der Waals surface area contributed by atoms with Gasteiger partial charge in [-0.2, -0.15) is 0 Å². The van der Waals surface area contributed by atoms with Gasteiger partial charge in [0.15, 0.2) is 6.29 Å². The third kappa shape index (κ3) is 5.85. The zero-order chi connectivity index (χ0) is 20.6. The van der Waals surface area contributed by atoms with Gasteiger partial charge in [0.25, 0.3) is 0 Å². The second kappa shape index (κ2) is 10.5. The quantitative estimate of drug-likeness (QED) is 0.618. The van der Waals surface area contributed by atoms with Crippen LogP contribution in [0.3, 0.4) is 0 Å². The molecule has 29 heavy (non-hydrogen) atoms. The molecule has 0 aliphatic carbocycles. The van der Waals surface area contributed by atoms with Gasteiger partial charge in [-0.3, -0.25) is 4.79 Å². The normalized spacial score (nSPS) is 26.8. The molecule has 0 bridgehead atoms. The van der Waals surface area contributed by atoms with Gasteiger partial charge in [-0.05, 0) is 11.1 Å². The summed E-state index contributed by atoms with van der Waals surface area (Å²) in [6.45, 7) is 1.55. The number of hydrogen-bond acceptors (Lipinski definition) is 6. The Kier molecular flexibility index (Phi) is 7.74. The van der Waals surface area contributed by atoms with Crippen LogP contribution in [0.1, 0.15) is 18.1 Å². The van der Waals surface area contributed by atoms with Gasteiger partial charge in [0.05, 0.1) is 19.8 Å². The molecule has 3 unspecified atom stereocenters. The Morgan fingerprint density at radius 1 is 0.966 bits per heavy atom. The van der Waals surface area contributed by atoms with E-state index in [1.165, 1.54) is 6.92 Å². The number of aliphatic hydroxyl groups excluding tert-OH is 2. The van der Waals surface area contributed by atoms with Crippen LogP contribution in [0.5, 0.6) is 0 Å². The number of carbonyl (C=O) groups is 1. The molecule has 1 aliphatic rings. The van der Waals surface area contributed by atoms with E-state index >= 15 is 0 Å². The first-order valence-corrected chi connectivity index (χ1v) is 9.61. The number of hydrogen-bond donors (Lipinski definition) is 3. The summed E-state index contributed by atoms with van der Waals surface area (Å²) in [6, 6.07) is 18.3. The summed E-state index contributed by atoms with van der Waals surface area (Å²) in [5, 5.41) is 22.9. The minimum atomic E-state index is -1.33. The van der Waals surface area contributed by atoms with Crippen molar-refractivity contribution < 1.29 is 29.2 Å². The highest BCUT2D eigenvalue weighted by atomic mass is 16.6. The summed E-state index contributed by atoms with van der Waals surface area (Å²) in [4.78, 5) is 11.7. The first kappa shape index (κ1) is 21.4. The lowest BCUT2D eigenvalue weighted by Gasteiger charge is -2.44. The van der Waals surface area contributed by atoms with Crippen LogP contribution in [0, 0.1) is 0 Å². The molecule has 0 aromatic heterocycles. The van der Waals surface area contributed by atoms with Crippen molar-refractivity contribution in [3.8, 4) is 0 Å². The van der Waals surface area contributed by atoms with Gasteiger partial charge >= 0.3 is 0 Å². The molecule has 0 saturated carbocycles. The molecule has 1 fully saturated rings. The second-order valence-corrected chi connectivity index (χ2v) is 7.00. The van der Waals surface area contributed by atoms with Gasteiger partial charge in [0.2, 0.25) is 5.91 Å². The summed E-state index contributed by atoms with van der Waals surface area (Å²) in [7, 11) is 0. The maximum absolute atomic E-state index is 11.7. The Bertz CT molecular complexity index is 756. The molecule has 1 aliphatic heterocycles. The third-order valence-electron chi connectivity index (χ3n) is 4.79. The lowest BCUT2D eigenvalue weighted by atomic mass is 9.96. The number of ether oxygens (including phenoxy) is 3. The van der Waals surface area contributed by atoms with E-state index in [0.717, 1.165) is 11.1 Å². The monoisotopic (exact) mass is 401 g/mol. The van der Waals surface area contributed by atoms with E-state index in [4.69, 9.17) is 14.2 Å². The van der Waals surface area contributed by atoms with E-state index in [1.54, 1.807) is 0 Å². The molecule has 156 valence electrons. The van der Waals surface area contributed by atoms with Gasteiger partial charge < -0.3 is 29.7 Å². The molecule has 3 N–H and O–H groups in total. The summed E-state index contributed by atoms with van der Waals surface area (Å²) in [6.07, 6.45) is -3.53. The molecule has 1 heterocycles.